The van der Waals surface area contributed by atoms with Crippen LogP contribution in [-0.4, -0.2) is 18.8 Å². The van der Waals surface area contributed by atoms with Gasteiger partial charge in [0.25, 0.3) is 0 Å². The molecule has 1 aromatic heterocycles. The van der Waals surface area contributed by atoms with E-state index in [0.717, 1.165) is 35.9 Å². The van der Waals surface area contributed by atoms with Crippen LogP contribution < -0.4 is 10.6 Å². The molecule has 0 aliphatic heterocycles. The second-order valence-electron chi connectivity index (χ2n) is 4.97. The zero-order valence-corrected chi connectivity index (χ0v) is 15.1. The molecule has 0 spiro atoms. The van der Waals surface area contributed by atoms with E-state index in [0.29, 0.717) is 6.54 Å². The Morgan fingerprint density at radius 1 is 1.26 bits per heavy atom. The summed E-state index contributed by atoms with van der Waals surface area (Å²) in [6.07, 6.45) is 2.02. The van der Waals surface area contributed by atoms with Gasteiger partial charge in [-0.25, -0.2) is 9.38 Å². The van der Waals surface area contributed by atoms with Gasteiger partial charge in [0.05, 0.1) is 13.1 Å². The Morgan fingerprint density at radius 3 is 2.83 bits per heavy atom. The molecular formula is C17H22FN3S2. The Balaban J connectivity index is 2.04. The summed E-state index contributed by atoms with van der Waals surface area (Å²) in [6, 6.07) is 9.07. The molecule has 0 unspecified atom stereocenters. The summed E-state index contributed by atoms with van der Waals surface area (Å²) in [4.78, 5) is 5.89. The minimum atomic E-state index is -0.190. The van der Waals surface area contributed by atoms with Crippen molar-refractivity contribution in [1.29, 1.82) is 0 Å². The summed E-state index contributed by atoms with van der Waals surface area (Å²) >= 11 is 3.40. The number of rotatable bonds is 7. The number of nitrogens with one attached hydrogen (secondary N) is 2. The zero-order valence-electron chi connectivity index (χ0n) is 13.4. The van der Waals surface area contributed by atoms with Gasteiger partial charge in [-0.05, 0) is 47.9 Å². The van der Waals surface area contributed by atoms with Crippen LogP contribution in [0, 0.1) is 5.82 Å². The van der Waals surface area contributed by atoms with Gasteiger partial charge < -0.3 is 10.6 Å². The third-order valence-corrected chi connectivity index (χ3v) is 4.71. The summed E-state index contributed by atoms with van der Waals surface area (Å²) < 4.78 is 13.4. The van der Waals surface area contributed by atoms with Crippen molar-refractivity contribution in [2.45, 2.75) is 25.8 Å². The van der Waals surface area contributed by atoms with E-state index in [9.17, 15) is 4.39 Å². The van der Waals surface area contributed by atoms with Crippen molar-refractivity contribution >= 4 is 29.1 Å². The lowest BCUT2D eigenvalue weighted by Crippen LogP contribution is -2.36. The molecule has 23 heavy (non-hydrogen) atoms. The fourth-order valence-corrected chi connectivity index (χ4v) is 3.35. The fourth-order valence-electron chi connectivity index (χ4n) is 2.13. The van der Waals surface area contributed by atoms with E-state index in [1.54, 1.807) is 29.2 Å². The highest BCUT2D eigenvalue weighted by molar-refractivity contribution is 7.97. The minimum Gasteiger partial charge on any atom is -0.357 e. The smallest absolute Gasteiger partial charge is 0.191 e. The maximum Gasteiger partial charge on any atom is 0.191 e. The van der Waals surface area contributed by atoms with Crippen molar-refractivity contribution in [2.24, 2.45) is 4.99 Å². The minimum absolute atomic E-state index is 0.190. The lowest BCUT2D eigenvalue weighted by atomic mass is 10.1. The molecule has 3 nitrogen and oxygen atoms in total. The van der Waals surface area contributed by atoms with Gasteiger partial charge in [-0.1, -0.05) is 12.1 Å². The standard InChI is InChI=1S/C17H22FN3S2/c1-3-19-17(21-11-16-5-4-8-23-16)20-10-13-6-7-15(18)9-14(13)12-22-2/h4-9H,3,10-12H2,1-2H3,(H2,19,20,21). The first-order valence-corrected chi connectivity index (χ1v) is 9.81. The predicted octanol–water partition coefficient (Wildman–Crippen LogP) is 4.01. The highest BCUT2D eigenvalue weighted by Gasteiger charge is 2.05. The van der Waals surface area contributed by atoms with Crippen LogP contribution in [0.2, 0.25) is 0 Å². The summed E-state index contributed by atoms with van der Waals surface area (Å²) in [5, 5.41) is 8.63. The van der Waals surface area contributed by atoms with Crippen LogP contribution >= 0.6 is 23.1 Å². The van der Waals surface area contributed by atoms with Crippen LogP contribution in [0.5, 0.6) is 0 Å². The second-order valence-corrected chi connectivity index (χ2v) is 6.87. The molecule has 0 amide bonds. The van der Waals surface area contributed by atoms with Crippen LogP contribution in [0.4, 0.5) is 4.39 Å². The van der Waals surface area contributed by atoms with Crippen molar-refractivity contribution in [3.63, 3.8) is 0 Å². The Hall–Kier alpha value is -1.53. The Morgan fingerprint density at radius 2 is 2.13 bits per heavy atom. The molecule has 2 aromatic rings. The zero-order chi connectivity index (χ0) is 16.5. The molecule has 0 saturated heterocycles. The number of thioether (sulfide) groups is 1. The van der Waals surface area contributed by atoms with E-state index in [2.05, 4.69) is 27.1 Å². The molecule has 124 valence electrons. The van der Waals surface area contributed by atoms with E-state index in [1.165, 1.54) is 10.9 Å². The van der Waals surface area contributed by atoms with Crippen LogP contribution in [0.25, 0.3) is 0 Å². The van der Waals surface area contributed by atoms with Gasteiger partial charge in [0.2, 0.25) is 0 Å². The monoisotopic (exact) mass is 351 g/mol. The predicted molar refractivity (Wildman–Crippen MR) is 99.6 cm³/mol. The van der Waals surface area contributed by atoms with Gasteiger partial charge in [-0.3, -0.25) is 0 Å². The molecule has 0 bridgehead atoms. The number of aliphatic imine (C=N–C) groups is 1. The van der Waals surface area contributed by atoms with Crippen LogP contribution in [0.1, 0.15) is 22.9 Å². The normalized spacial score (nSPS) is 11.5. The summed E-state index contributed by atoms with van der Waals surface area (Å²) in [7, 11) is 0. The molecule has 0 aliphatic carbocycles. The number of hydrogen-bond acceptors (Lipinski definition) is 3. The number of nitrogens with zero attached hydrogens (tertiary/aromatic N) is 1. The molecule has 0 aliphatic rings. The number of guanidine groups is 1. The van der Waals surface area contributed by atoms with Crippen LogP contribution in [0.15, 0.2) is 40.7 Å². The first kappa shape index (κ1) is 17.8. The third-order valence-electron chi connectivity index (χ3n) is 3.23. The third kappa shape index (κ3) is 5.88. The molecule has 0 fully saturated rings. The van der Waals surface area contributed by atoms with E-state index < -0.39 is 0 Å². The van der Waals surface area contributed by atoms with Crippen molar-refractivity contribution in [3.8, 4) is 0 Å². The molecule has 2 N–H and O–H groups in total. The molecule has 0 atom stereocenters. The summed E-state index contributed by atoms with van der Waals surface area (Å²) in [5.41, 5.74) is 2.07. The lowest BCUT2D eigenvalue weighted by molar-refractivity contribution is 0.625. The van der Waals surface area contributed by atoms with Gasteiger partial charge in [0.15, 0.2) is 5.96 Å². The van der Waals surface area contributed by atoms with Crippen molar-refractivity contribution in [3.05, 3.63) is 57.5 Å². The van der Waals surface area contributed by atoms with Gasteiger partial charge in [-0.2, -0.15) is 11.8 Å². The number of halogens is 1. The maximum atomic E-state index is 13.4. The van der Waals surface area contributed by atoms with E-state index in [-0.39, 0.29) is 5.82 Å². The molecule has 1 heterocycles. The second kappa shape index (κ2) is 9.57. The SMILES string of the molecule is CCNC(=NCc1ccc(F)cc1CSC)NCc1cccs1. The van der Waals surface area contributed by atoms with E-state index >= 15 is 0 Å². The molecule has 6 heteroatoms. The Bertz CT molecular complexity index is 627. The molecule has 1 aromatic carbocycles. The summed E-state index contributed by atoms with van der Waals surface area (Å²) in [6.45, 7) is 4.14. The highest BCUT2D eigenvalue weighted by Crippen LogP contribution is 2.17. The van der Waals surface area contributed by atoms with Crippen molar-refractivity contribution in [2.75, 3.05) is 12.8 Å². The quantitative estimate of drug-likeness (QED) is 0.585. The first-order chi connectivity index (χ1) is 11.2. The van der Waals surface area contributed by atoms with Crippen LogP contribution in [-0.2, 0) is 18.8 Å². The average molecular weight is 352 g/mol. The number of benzene rings is 1. The number of thiophene rings is 1. The Kier molecular flexibility index (Phi) is 7.42. The molecule has 0 saturated carbocycles. The highest BCUT2D eigenvalue weighted by atomic mass is 32.2. The Labute approximate surface area is 145 Å². The van der Waals surface area contributed by atoms with E-state index in [4.69, 9.17) is 0 Å². The first-order valence-electron chi connectivity index (χ1n) is 7.53. The molecular weight excluding hydrogens is 329 g/mol. The van der Waals surface area contributed by atoms with Gasteiger partial charge in [-0.15, -0.1) is 11.3 Å². The summed E-state index contributed by atoms with van der Waals surface area (Å²) in [5.74, 6) is 1.38. The van der Waals surface area contributed by atoms with Gasteiger partial charge in [0, 0.05) is 17.2 Å². The van der Waals surface area contributed by atoms with Crippen molar-refractivity contribution < 1.29 is 4.39 Å². The lowest BCUT2D eigenvalue weighted by Gasteiger charge is -2.12. The molecule has 0 radical (unpaired) electrons. The fraction of sp³-hybridized carbons (Fsp3) is 0.353. The van der Waals surface area contributed by atoms with Gasteiger partial charge >= 0.3 is 0 Å². The van der Waals surface area contributed by atoms with Crippen LogP contribution in [0.3, 0.4) is 0 Å². The topological polar surface area (TPSA) is 36.4 Å². The largest absolute Gasteiger partial charge is 0.357 e. The number of hydrogen-bond donors (Lipinski definition) is 2. The average Bonchev–Trinajstić information content (AvgIpc) is 3.05. The van der Waals surface area contributed by atoms with E-state index in [1.807, 2.05) is 25.3 Å². The maximum absolute atomic E-state index is 13.4. The molecule has 2 rings (SSSR count). The van der Waals surface area contributed by atoms with Crippen molar-refractivity contribution in [1.82, 2.24) is 10.6 Å². The van der Waals surface area contributed by atoms with Gasteiger partial charge in [0.1, 0.15) is 5.82 Å².